The number of hydrogen-bond acceptors (Lipinski definition) is 5. The van der Waals surface area contributed by atoms with Crippen LogP contribution in [0, 0.1) is 5.41 Å². The lowest BCUT2D eigenvalue weighted by molar-refractivity contribution is -0.143. The number of para-hydroxylation sites is 1. The average molecular weight is 340 g/mol. The second-order valence-corrected chi connectivity index (χ2v) is 8.33. The molecule has 0 aliphatic rings. The number of hydrogen-bond donors (Lipinski definition) is 0. The van der Waals surface area contributed by atoms with Gasteiger partial charge in [-0.3, -0.25) is 4.79 Å². The number of esters is 1. The Morgan fingerprint density at radius 2 is 1.43 bits per heavy atom. The summed E-state index contributed by atoms with van der Waals surface area (Å²) >= 11 is 0. The quantitative estimate of drug-likeness (QED) is 0.369. The molecule has 1 aromatic rings. The molecule has 5 nitrogen and oxygen atoms in total. The van der Waals surface area contributed by atoms with Crippen LogP contribution in [-0.2, 0) is 18.1 Å². The normalized spacial score (nSPS) is 12.2. The molecule has 0 N–H and O–H groups in total. The van der Waals surface area contributed by atoms with Gasteiger partial charge in [0.2, 0.25) is 0 Å². The molecule has 0 aliphatic carbocycles. The zero-order valence-corrected chi connectivity index (χ0v) is 15.8. The minimum Gasteiger partial charge on any atom is -0.426 e. The molecule has 0 saturated heterocycles. The van der Waals surface area contributed by atoms with Gasteiger partial charge in [-0.05, 0) is 46.8 Å². The standard InChI is InChI=1S/C17H28O5Si/c1-6-19-23(20-7-2,21-8-3)14-17(4,5)16(18)22-15-12-10-9-11-13-15/h9-13H,6-8,14H2,1-5H3. The van der Waals surface area contributed by atoms with E-state index in [1.807, 2.05) is 52.8 Å². The van der Waals surface area contributed by atoms with Gasteiger partial charge in [-0.2, -0.15) is 0 Å². The lowest BCUT2D eigenvalue weighted by Crippen LogP contribution is -2.51. The Hall–Kier alpha value is -1.21. The molecule has 6 heteroatoms. The zero-order valence-electron chi connectivity index (χ0n) is 14.8. The Morgan fingerprint density at radius 1 is 0.957 bits per heavy atom. The van der Waals surface area contributed by atoms with E-state index < -0.39 is 14.2 Å². The molecule has 0 amide bonds. The molecule has 0 heterocycles. The van der Waals surface area contributed by atoms with E-state index in [1.165, 1.54) is 0 Å². The van der Waals surface area contributed by atoms with Crippen molar-refractivity contribution in [3.8, 4) is 5.75 Å². The molecule has 0 atom stereocenters. The monoisotopic (exact) mass is 340 g/mol. The lowest BCUT2D eigenvalue weighted by Gasteiger charge is -2.34. The Balaban J connectivity index is 2.88. The first-order chi connectivity index (χ1) is 10.9. The number of carbonyl (C=O) groups is 1. The Bertz CT molecular complexity index is 458. The summed E-state index contributed by atoms with van der Waals surface area (Å²) in [6.07, 6.45) is 0. The highest BCUT2D eigenvalue weighted by molar-refractivity contribution is 6.61. The van der Waals surface area contributed by atoms with Gasteiger partial charge in [0.25, 0.3) is 0 Å². The summed E-state index contributed by atoms with van der Waals surface area (Å²) in [6, 6.07) is 9.42. The highest BCUT2D eigenvalue weighted by atomic mass is 28.4. The van der Waals surface area contributed by atoms with E-state index in [0.29, 0.717) is 31.6 Å². The third-order valence-corrected chi connectivity index (χ3v) is 6.76. The molecular weight excluding hydrogens is 312 g/mol. The van der Waals surface area contributed by atoms with Crippen molar-refractivity contribution < 1.29 is 22.8 Å². The van der Waals surface area contributed by atoms with Crippen molar-refractivity contribution in [3.05, 3.63) is 30.3 Å². The molecule has 0 aliphatic heterocycles. The molecule has 0 radical (unpaired) electrons. The largest absolute Gasteiger partial charge is 0.502 e. The second kappa shape index (κ2) is 9.17. The Morgan fingerprint density at radius 3 is 1.87 bits per heavy atom. The summed E-state index contributed by atoms with van der Waals surface area (Å²) in [5.41, 5.74) is -0.776. The summed E-state index contributed by atoms with van der Waals surface area (Å²) in [5.74, 6) is 0.210. The van der Waals surface area contributed by atoms with Crippen molar-refractivity contribution in [3.63, 3.8) is 0 Å². The molecular formula is C17H28O5Si. The second-order valence-electron chi connectivity index (χ2n) is 5.75. The van der Waals surface area contributed by atoms with Gasteiger partial charge in [-0.25, -0.2) is 0 Å². The van der Waals surface area contributed by atoms with Crippen molar-refractivity contribution >= 4 is 14.8 Å². The average Bonchev–Trinajstić information content (AvgIpc) is 2.48. The van der Waals surface area contributed by atoms with Gasteiger partial charge in [-0.1, -0.05) is 18.2 Å². The highest BCUT2D eigenvalue weighted by Gasteiger charge is 2.49. The van der Waals surface area contributed by atoms with Crippen molar-refractivity contribution in [2.24, 2.45) is 5.41 Å². The summed E-state index contributed by atoms with van der Waals surface area (Å²) in [7, 11) is -2.91. The third kappa shape index (κ3) is 6.06. The molecule has 1 rings (SSSR count). The van der Waals surface area contributed by atoms with Crippen LogP contribution in [-0.4, -0.2) is 34.6 Å². The predicted octanol–water partition coefficient (Wildman–Crippen LogP) is 3.67. The number of carbonyl (C=O) groups excluding carboxylic acids is 1. The Kier molecular flexibility index (Phi) is 7.91. The van der Waals surface area contributed by atoms with Gasteiger partial charge in [0.1, 0.15) is 5.75 Å². The van der Waals surface area contributed by atoms with Crippen LogP contribution >= 0.6 is 0 Å². The van der Waals surface area contributed by atoms with E-state index in [1.54, 1.807) is 12.1 Å². The number of rotatable bonds is 10. The minimum atomic E-state index is -2.91. The van der Waals surface area contributed by atoms with Gasteiger partial charge in [-0.15, -0.1) is 0 Å². The maximum absolute atomic E-state index is 12.6. The maximum Gasteiger partial charge on any atom is 0.502 e. The van der Waals surface area contributed by atoms with E-state index in [4.69, 9.17) is 18.0 Å². The van der Waals surface area contributed by atoms with E-state index in [2.05, 4.69) is 0 Å². The topological polar surface area (TPSA) is 54.0 Å². The fourth-order valence-electron chi connectivity index (χ4n) is 2.28. The zero-order chi connectivity index (χ0) is 17.3. The van der Waals surface area contributed by atoms with Crippen LogP contribution in [0.1, 0.15) is 34.6 Å². The number of benzene rings is 1. The number of ether oxygens (including phenoxy) is 1. The van der Waals surface area contributed by atoms with Crippen molar-refractivity contribution in [2.45, 2.75) is 40.7 Å². The molecule has 0 unspecified atom stereocenters. The van der Waals surface area contributed by atoms with E-state index in [9.17, 15) is 4.79 Å². The molecule has 0 fully saturated rings. The summed E-state index contributed by atoms with van der Waals surface area (Å²) in [6.45, 7) is 10.8. The van der Waals surface area contributed by atoms with Crippen molar-refractivity contribution in [1.82, 2.24) is 0 Å². The predicted molar refractivity (Wildman–Crippen MR) is 91.3 cm³/mol. The molecule has 23 heavy (non-hydrogen) atoms. The van der Waals surface area contributed by atoms with E-state index >= 15 is 0 Å². The Labute approximate surface area is 140 Å². The SMILES string of the molecule is CCO[Si](CC(C)(C)C(=O)Oc1ccccc1)(OCC)OCC. The lowest BCUT2D eigenvalue weighted by atomic mass is 9.97. The first-order valence-electron chi connectivity index (χ1n) is 8.08. The maximum atomic E-state index is 12.6. The summed E-state index contributed by atoms with van der Waals surface area (Å²) < 4.78 is 23.0. The van der Waals surface area contributed by atoms with Gasteiger partial charge in [0.05, 0.1) is 5.41 Å². The van der Waals surface area contributed by atoms with Gasteiger partial charge >= 0.3 is 14.8 Å². The molecule has 130 valence electrons. The fraction of sp³-hybridized carbons (Fsp3) is 0.588. The summed E-state index contributed by atoms with van der Waals surface area (Å²) in [5, 5.41) is 0. The first kappa shape index (κ1) is 19.8. The van der Waals surface area contributed by atoms with Crippen LogP contribution in [0.3, 0.4) is 0 Å². The van der Waals surface area contributed by atoms with Crippen LogP contribution in [0.25, 0.3) is 0 Å². The molecule has 0 spiro atoms. The van der Waals surface area contributed by atoms with Gasteiger partial charge in [0.15, 0.2) is 0 Å². The smallest absolute Gasteiger partial charge is 0.426 e. The van der Waals surface area contributed by atoms with Crippen molar-refractivity contribution in [2.75, 3.05) is 19.8 Å². The first-order valence-corrected chi connectivity index (χ1v) is 10.0. The van der Waals surface area contributed by atoms with Gasteiger partial charge < -0.3 is 18.0 Å². The minimum absolute atomic E-state index is 0.320. The van der Waals surface area contributed by atoms with E-state index in [-0.39, 0.29) is 5.97 Å². The summed E-state index contributed by atoms with van der Waals surface area (Å²) in [4.78, 5) is 12.6. The van der Waals surface area contributed by atoms with Crippen LogP contribution in [0.15, 0.2) is 30.3 Å². The van der Waals surface area contributed by atoms with E-state index in [0.717, 1.165) is 0 Å². The van der Waals surface area contributed by atoms with Crippen LogP contribution in [0.4, 0.5) is 0 Å². The van der Waals surface area contributed by atoms with Crippen LogP contribution in [0.5, 0.6) is 5.75 Å². The van der Waals surface area contributed by atoms with Gasteiger partial charge in [0, 0.05) is 25.9 Å². The van der Waals surface area contributed by atoms with Crippen molar-refractivity contribution in [1.29, 1.82) is 0 Å². The highest BCUT2D eigenvalue weighted by Crippen LogP contribution is 2.32. The fourth-order valence-corrected chi connectivity index (χ4v) is 5.39. The third-order valence-electron chi connectivity index (χ3n) is 3.26. The molecule has 0 bridgehead atoms. The molecule has 0 aromatic heterocycles. The van der Waals surface area contributed by atoms with Crippen LogP contribution in [0.2, 0.25) is 6.04 Å². The van der Waals surface area contributed by atoms with Crippen LogP contribution < -0.4 is 4.74 Å². The molecule has 0 saturated carbocycles. The molecule has 1 aromatic carbocycles.